The van der Waals surface area contributed by atoms with Gasteiger partial charge in [0, 0.05) is 30.5 Å². The van der Waals surface area contributed by atoms with Gasteiger partial charge < -0.3 is 0 Å². The number of aromatic nitrogens is 2. The Hall–Kier alpha value is -2.33. The molecule has 4 heteroatoms. The summed E-state index contributed by atoms with van der Waals surface area (Å²) in [6, 6.07) is 18.4. The van der Waals surface area contributed by atoms with Gasteiger partial charge in [0.1, 0.15) is 0 Å². The number of benzene rings is 2. The molecule has 2 aromatic carbocycles. The second-order valence-corrected chi connectivity index (χ2v) is 7.14. The molecule has 0 aliphatic rings. The van der Waals surface area contributed by atoms with Gasteiger partial charge in [-0.3, -0.25) is 9.36 Å². The summed E-state index contributed by atoms with van der Waals surface area (Å²) in [6.45, 7) is 4.04. The van der Waals surface area contributed by atoms with Gasteiger partial charge in [0.2, 0.25) is 0 Å². The average Bonchev–Trinajstić information content (AvgIpc) is 2.63. The van der Waals surface area contributed by atoms with Gasteiger partial charge in [0.15, 0.2) is 5.16 Å². The lowest BCUT2D eigenvalue weighted by atomic mass is 10.1. The van der Waals surface area contributed by atoms with Gasteiger partial charge in [-0.2, -0.15) is 0 Å². The van der Waals surface area contributed by atoms with E-state index in [1.165, 1.54) is 11.1 Å². The van der Waals surface area contributed by atoms with E-state index in [1.807, 2.05) is 56.4 Å². The quantitative estimate of drug-likeness (QED) is 0.509. The number of nitrogens with zero attached hydrogens (tertiary/aromatic N) is 2. The SMILES string of the molecule is Cc1ccccc1CSc1nc(C)c(Cc2ccccc2)c(=O)n1C. The third kappa shape index (κ3) is 4.02. The van der Waals surface area contributed by atoms with Gasteiger partial charge >= 0.3 is 0 Å². The van der Waals surface area contributed by atoms with Gasteiger partial charge in [0.25, 0.3) is 5.56 Å². The van der Waals surface area contributed by atoms with Crippen LogP contribution >= 0.6 is 11.8 Å². The number of rotatable bonds is 5. The van der Waals surface area contributed by atoms with Gasteiger partial charge in [-0.15, -0.1) is 0 Å². The summed E-state index contributed by atoms with van der Waals surface area (Å²) in [4.78, 5) is 17.5. The molecule has 0 amide bonds. The minimum atomic E-state index is 0.0450. The monoisotopic (exact) mass is 350 g/mol. The second kappa shape index (κ2) is 7.70. The van der Waals surface area contributed by atoms with E-state index in [1.54, 1.807) is 16.3 Å². The first kappa shape index (κ1) is 17.5. The highest BCUT2D eigenvalue weighted by molar-refractivity contribution is 7.98. The Morgan fingerprint density at radius 2 is 1.68 bits per heavy atom. The normalized spacial score (nSPS) is 10.8. The van der Waals surface area contributed by atoms with Crippen LogP contribution in [0.3, 0.4) is 0 Å². The Bertz CT molecular complexity index is 932. The smallest absolute Gasteiger partial charge is 0.257 e. The van der Waals surface area contributed by atoms with E-state index < -0.39 is 0 Å². The highest BCUT2D eigenvalue weighted by atomic mass is 32.2. The molecule has 0 aliphatic heterocycles. The summed E-state index contributed by atoms with van der Waals surface area (Å²) >= 11 is 1.61. The number of hydrogen-bond acceptors (Lipinski definition) is 3. The van der Waals surface area contributed by atoms with Crippen LogP contribution in [0.15, 0.2) is 64.5 Å². The average molecular weight is 350 g/mol. The number of hydrogen-bond donors (Lipinski definition) is 0. The van der Waals surface area contributed by atoms with Gasteiger partial charge in [-0.25, -0.2) is 4.98 Å². The van der Waals surface area contributed by atoms with Crippen LogP contribution in [-0.2, 0) is 19.2 Å². The number of aryl methyl sites for hydroxylation is 2. The Kier molecular flexibility index (Phi) is 5.39. The fraction of sp³-hybridized carbons (Fsp3) is 0.238. The summed E-state index contributed by atoms with van der Waals surface area (Å²) in [5.41, 5.74) is 5.30. The molecule has 1 aromatic heterocycles. The highest BCUT2D eigenvalue weighted by Crippen LogP contribution is 2.22. The van der Waals surface area contributed by atoms with Crippen LogP contribution in [0.4, 0.5) is 0 Å². The highest BCUT2D eigenvalue weighted by Gasteiger charge is 2.13. The van der Waals surface area contributed by atoms with Crippen LogP contribution in [0.2, 0.25) is 0 Å². The predicted octanol–water partition coefficient (Wildman–Crippen LogP) is 4.28. The van der Waals surface area contributed by atoms with Gasteiger partial charge in [0.05, 0.1) is 0 Å². The summed E-state index contributed by atoms with van der Waals surface area (Å²) in [5.74, 6) is 0.810. The van der Waals surface area contributed by atoms with Crippen LogP contribution in [0.5, 0.6) is 0 Å². The molecule has 0 aliphatic carbocycles. The van der Waals surface area contributed by atoms with Crippen LogP contribution in [-0.4, -0.2) is 9.55 Å². The summed E-state index contributed by atoms with van der Waals surface area (Å²) in [6.07, 6.45) is 0.620. The Balaban J connectivity index is 1.85. The maximum Gasteiger partial charge on any atom is 0.257 e. The van der Waals surface area contributed by atoms with Crippen molar-refractivity contribution in [2.75, 3.05) is 0 Å². The van der Waals surface area contributed by atoms with E-state index >= 15 is 0 Å². The first-order valence-corrected chi connectivity index (χ1v) is 9.32. The predicted molar refractivity (Wildman–Crippen MR) is 104 cm³/mol. The maximum absolute atomic E-state index is 12.8. The zero-order valence-corrected chi connectivity index (χ0v) is 15.6. The minimum absolute atomic E-state index is 0.0450. The zero-order valence-electron chi connectivity index (χ0n) is 14.8. The molecular formula is C21H22N2OS. The van der Waals surface area contributed by atoms with E-state index in [4.69, 9.17) is 4.98 Å². The third-order valence-electron chi connectivity index (χ3n) is 4.39. The van der Waals surface area contributed by atoms with Crippen molar-refractivity contribution in [2.24, 2.45) is 7.05 Å². The fourth-order valence-electron chi connectivity index (χ4n) is 2.78. The summed E-state index contributed by atoms with van der Waals surface area (Å²) in [5, 5.41) is 0.766. The van der Waals surface area contributed by atoms with Gasteiger partial charge in [-0.1, -0.05) is 66.4 Å². The van der Waals surface area contributed by atoms with Crippen molar-refractivity contribution in [3.8, 4) is 0 Å². The molecular weight excluding hydrogens is 328 g/mol. The standard InChI is InChI=1S/C21H22N2OS/c1-15-9-7-8-12-18(15)14-25-21-22-16(2)19(20(24)23(21)3)13-17-10-5-4-6-11-17/h4-12H,13-14H2,1-3H3. The lowest BCUT2D eigenvalue weighted by molar-refractivity contribution is 0.683. The van der Waals surface area contributed by atoms with Gasteiger partial charge in [-0.05, 0) is 30.5 Å². The molecule has 0 saturated heterocycles. The second-order valence-electron chi connectivity index (χ2n) is 6.20. The van der Waals surface area contributed by atoms with Crippen LogP contribution in [0.1, 0.15) is 27.9 Å². The Morgan fingerprint density at radius 3 is 2.40 bits per heavy atom. The van der Waals surface area contributed by atoms with Crippen LogP contribution in [0, 0.1) is 13.8 Å². The first-order valence-electron chi connectivity index (χ1n) is 8.34. The lowest BCUT2D eigenvalue weighted by Crippen LogP contribution is -2.25. The molecule has 3 rings (SSSR count). The van der Waals surface area contributed by atoms with E-state index in [9.17, 15) is 4.79 Å². The van der Waals surface area contributed by atoms with E-state index in [-0.39, 0.29) is 5.56 Å². The fourth-order valence-corrected chi connectivity index (χ4v) is 3.86. The van der Waals surface area contributed by atoms with Crippen molar-refractivity contribution in [3.63, 3.8) is 0 Å². The zero-order chi connectivity index (χ0) is 17.8. The van der Waals surface area contributed by atoms with Crippen molar-refractivity contribution in [1.29, 1.82) is 0 Å². The molecule has 0 unspecified atom stereocenters. The molecule has 25 heavy (non-hydrogen) atoms. The van der Waals surface area contributed by atoms with E-state index in [0.29, 0.717) is 6.42 Å². The van der Waals surface area contributed by atoms with E-state index in [2.05, 4.69) is 19.1 Å². The topological polar surface area (TPSA) is 34.9 Å². The Labute approximate surface area is 152 Å². The molecule has 3 nitrogen and oxygen atoms in total. The molecule has 0 N–H and O–H groups in total. The molecule has 0 atom stereocenters. The molecule has 0 spiro atoms. The molecule has 0 saturated carbocycles. The molecule has 1 heterocycles. The third-order valence-corrected chi connectivity index (χ3v) is 5.47. The van der Waals surface area contributed by atoms with Crippen molar-refractivity contribution in [1.82, 2.24) is 9.55 Å². The molecule has 0 bridgehead atoms. The molecule has 128 valence electrons. The van der Waals surface area contributed by atoms with Crippen molar-refractivity contribution >= 4 is 11.8 Å². The van der Waals surface area contributed by atoms with Crippen LogP contribution < -0.4 is 5.56 Å². The van der Waals surface area contributed by atoms with Crippen molar-refractivity contribution < 1.29 is 0 Å². The number of thioether (sulfide) groups is 1. The minimum Gasteiger partial charge on any atom is -0.291 e. The summed E-state index contributed by atoms with van der Waals surface area (Å²) < 4.78 is 1.67. The van der Waals surface area contributed by atoms with Crippen molar-refractivity contribution in [3.05, 3.63) is 92.9 Å². The maximum atomic E-state index is 12.8. The van der Waals surface area contributed by atoms with E-state index in [0.717, 1.165) is 27.7 Å². The van der Waals surface area contributed by atoms with Crippen LogP contribution in [0.25, 0.3) is 0 Å². The molecule has 0 radical (unpaired) electrons. The molecule has 0 fully saturated rings. The first-order chi connectivity index (χ1) is 12.1. The van der Waals surface area contributed by atoms with Crippen molar-refractivity contribution in [2.45, 2.75) is 31.2 Å². The lowest BCUT2D eigenvalue weighted by Gasteiger charge is -2.12. The molecule has 3 aromatic rings. The summed E-state index contributed by atoms with van der Waals surface area (Å²) in [7, 11) is 1.81. The Morgan fingerprint density at radius 1 is 1.00 bits per heavy atom. The largest absolute Gasteiger partial charge is 0.291 e.